The number of hydrogen-bond acceptors (Lipinski definition) is 4. The lowest BCUT2D eigenvalue weighted by Gasteiger charge is -2.08. The van der Waals surface area contributed by atoms with Crippen molar-refractivity contribution in [3.8, 4) is 11.4 Å². The highest BCUT2D eigenvalue weighted by molar-refractivity contribution is 14.1. The van der Waals surface area contributed by atoms with Crippen LogP contribution in [0.25, 0.3) is 22.2 Å². The Morgan fingerprint density at radius 3 is 2.64 bits per heavy atom. The summed E-state index contributed by atoms with van der Waals surface area (Å²) in [7, 11) is 0. The molecule has 1 amide bonds. The molecule has 0 unspecified atom stereocenters. The van der Waals surface area contributed by atoms with Crippen molar-refractivity contribution in [1.82, 2.24) is 15.5 Å². The monoisotopic (exact) mass is 483 g/mol. The summed E-state index contributed by atoms with van der Waals surface area (Å²) in [6.45, 7) is 0.498. The molecule has 0 bridgehead atoms. The Bertz CT molecular complexity index is 1100. The van der Waals surface area contributed by atoms with Crippen molar-refractivity contribution < 1.29 is 9.32 Å². The fourth-order valence-corrected chi connectivity index (χ4v) is 3.38. The molecule has 0 atom stereocenters. The maximum atomic E-state index is 12.2. The first-order valence-electron chi connectivity index (χ1n) is 9.01. The van der Waals surface area contributed by atoms with Gasteiger partial charge in [0.25, 0.3) is 0 Å². The van der Waals surface area contributed by atoms with E-state index in [1.807, 2.05) is 48.5 Å². The molecule has 4 aromatic rings. The first kappa shape index (κ1) is 18.6. The second-order valence-electron chi connectivity index (χ2n) is 6.43. The number of rotatable bonds is 6. The largest absolute Gasteiger partial charge is 0.352 e. The van der Waals surface area contributed by atoms with E-state index in [-0.39, 0.29) is 5.91 Å². The Morgan fingerprint density at radius 1 is 1.00 bits per heavy atom. The summed E-state index contributed by atoms with van der Waals surface area (Å²) in [4.78, 5) is 16.6. The molecule has 0 aliphatic rings. The minimum atomic E-state index is -0.0399. The van der Waals surface area contributed by atoms with E-state index in [2.05, 4.69) is 56.2 Å². The number of carbonyl (C=O) groups is 1. The number of aromatic nitrogens is 2. The third-order valence-corrected chi connectivity index (χ3v) is 5.21. The zero-order valence-electron chi connectivity index (χ0n) is 15.1. The molecule has 140 valence electrons. The molecule has 6 heteroatoms. The molecule has 0 aliphatic heterocycles. The SMILES string of the molecule is O=C(CCc1nc(-c2ccc(I)cc2)no1)NCc1cccc2ccccc12. The first-order chi connectivity index (χ1) is 13.7. The minimum absolute atomic E-state index is 0.0399. The van der Waals surface area contributed by atoms with Gasteiger partial charge in [0.05, 0.1) is 0 Å². The van der Waals surface area contributed by atoms with E-state index < -0.39 is 0 Å². The van der Waals surface area contributed by atoms with Crippen molar-refractivity contribution in [1.29, 1.82) is 0 Å². The molecular formula is C22H18IN3O2. The Balaban J connectivity index is 1.33. The van der Waals surface area contributed by atoms with E-state index in [1.165, 1.54) is 5.39 Å². The fourth-order valence-electron chi connectivity index (χ4n) is 3.02. The smallest absolute Gasteiger partial charge is 0.227 e. The van der Waals surface area contributed by atoms with E-state index in [4.69, 9.17) is 4.52 Å². The first-order valence-corrected chi connectivity index (χ1v) is 10.1. The maximum absolute atomic E-state index is 12.2. The summed E-state index contributed by atoms with van der Waals surface area (Å²) in [5.41, 5.74) is 2.00. The Labute approximate surface area is 176 Å². The number of fused-ring (bicyclic) bond motifs is 1. The molecule has 0 fully saturated rings. The van der Waals surface area contributed by atoms with Crippen molar-refractivity contribution in [3.05, 3.63) is 81.8 Å². The second-order valence-corrected chi connectivity index (χ2v) is 7.68. The molecule has 1 N–H and O–H groups in total. The summed E-state index contributed by atoms with van der Waals surface area (Å²) < 4.78 is 6.42. The lowest BCUT2D eigenvalue weighted by molar-refractivity contribution is -0.121. The summed E-state index contributed by atoms with van der Waals surface area (Å²) >= 11 is 2.25. The van der Waals surface area contributed by atoms with Gasteiger partial charge < -0.3 is 9.84 Å². The van der Waals surface area contributed by atoms with Crippen molar-refractivity contribution >= 4 is 39.3 Å². The van der Waals surface area contributed by atoms with Gasteiger partial charge in [0.1, 0.15) is 0 Å². The predicted octanol–water partition coefficient (Wildman–Crippen LogP) is 4.74. The van der Waals surface area contributed by atoms with Crippen LogP contribution in [0.4, 0.5) is 0 Å². The summed E-state index contributed by atoms with van der Waals surface area (Å²) in [6, 6.07) is 22.2. The van der Waals surface area contributed by atoms with Crippen LogP contribution in [0, 0.1) is 3.57 Å². The van der Waals surface area contributed by atoms with Gasteiger partial charge in [-0.2, -0.15) is 4.98 Å². The lowest BCUT2D eigenvalue weighted by atomic mass is 10.0. The van der Waals surface area contributed by atoms with Crippen LogP contribution in [-0.4, -0.2) is 16.0 Å². The molecule has 0 spiro atoms. The third-order valence-electron chi connectivity index (χ3n) is 4.49. The van der Waals surface area contributed by atoms with Gasteiger partial charge in [0.15, 0.2) is 0 Å². The number of nitrogens with one attached hydrogen (secondary N) is 1. The molecular weight excluding hydrogens is 465 g/mol. The standard InChI is InChI=1S/C22H18IN3O2/c23-18-10-8-16(9-11-18)22-25-21(28-26-22)13-12-20(27)24-14-17-6-3-5-15-4-1-2-7-19(15)17/h1-11H,12-14H2,(H,24,27). The zero-order valence-corrected chi connectivity index (χ0v) is 17.2. The third kappa shape index (κ3) is 4.39. The molecule has 0 saturated carbocycles. The highest BCUT2D eigenvalue weighted by atomic mass is 127. The molecule has 0 aliphatic carbocycles. The second kappa shape index (κ2) is 8.52. The zero-order chi connectivity index (χ0) is 19.3. The average molecular weight is 483 g/mol. The number of carbonyl (C=O) groups excluding carboxylic acids is 1. The van der Waals surface area contributed by atoms with Crippen LogP contribution in [0.2, 0.25) is 0 Å². The van der Waals surface area contributed by atoms with E-state index in [0.29, 0.717) is 31.1 Å². The number of halogens is 1. The number of aryl methyl sites for hydroxylation is 1. The van der Waals surface area contributed by atoms with Gasteiger partial charge in [-0.15, -0.1) is 0 Å². The molecule has 5 nitrogen and oxygen atoms in total. The topological polar surface area (TPSA) is 68.0 Å². The molecule has 0 radical (unpaired) electrons. The predicted molar refractivity (Wildman–Crippen MR) is 117 cm³/mol. The van der Waals surface area contributed by atoms with Crippen LogP contribution in [0.5, 0.6) is 0 Å². The molecule has 0 saturated heterocycles. The van der Waals surface area contributed by atoms with Crippen LogP contribution < -0.4 is 5.32 Å². The van der Waals surface area contributed by atoms with Gasteiger partial charge in [0.2, 0.25) is 17.6 Å². The number of amides is 1. The van der Waals surface area contributed by atoms with Crippen molar-refractivity contribution in [2.45, 2.75) is 19.4 Å². The lowest BCUT2D eigenvalue weighted by Crippen LogP contribution is -2.23. The Kier molecular flexibility index (Phi) is 5.66. The number of hydrogen-bond donors (Lipinski definition) is 1. The average Bonchev–Trinajstić information content (AvgIpc) is 3.20. The molecule has 1 heterocycles. The van der Waals surface area contributed by atoms with E-state index in [1.54, 1.807) is 0 Å². The van der Waals surface area contributed by atoms with Crippen molar-refractivity contribution in [2.24, 2.45) is 0 Å². The normalized spacial score (nSPS) is 10.9. The van der Waals surface area contributed by atoms with Crippen LogP contribution in [0.15, 0.2) is 71.3 Å². The van der Waals surface area contributed by atoms with Crippen molar-refractivity contribution in [3.63, 3.8) is 0 Å². The summed E-state index contributed by atoms with van der Waals surface area (Å²) in [6.07, 6.45) is 0.720. The van der Waals surface area contributed by atoms with Crippen LogP contribution in [0.1, 0.15) is 17.9 Å². The highest BCUT2D eigenvalue weighted by Gasteiger charge is 2.11. The van der Waals surface area contributed by atoms with Crippen molar-refractivity contribution in [2.75, 3.05) is 0 Å². The minimum Gasteiger partial charge on any atom is -0.352 e. The van der Waals surface area contributed by atoms with Gasteiger partial charge in [-0.05, 0) is 51.1 Å². The van der Waals surface area contributed by atoms with Gasteiger partial charge >= 0.3 is 0 Å². The van der Waals surface area contributed by atoms with Crippen LogP contribution >= 0.6 is 22.6 Å². The quantitative estimate of drug-likeness (QED) is 0.403. The Morgan fingerprint density at radius 2 is 1.79 bits per heavy atom. The molecule has 28 heavy (non-hydrogen) atoms. The summed E-state index contributed by atoms with van der Waals surface area (Å²) in [5, 5.41) is 9.30. The fraction of sp³-hybridized carbons (Fsp3) is 0.136. The maximum Gasteiger partial charge on any atom is 0.227 e. The van der Waals surface area contributed by atoms with E-state index >= 15 is 0 Å². The van der Waals surface area contributed by atoms with Gasteiger partial charge in [-0.1, -0.05) is 59.8 Å². The number of benzene rings is 3. The van der Waals surface area contributed by atoms with Gasteiger partial charge in [-0.3, -0.25) is 4.79 Å². The van der Waals surface area contributed by atoms with Gasteiger partial charge in [-0.25, -0.2) is 0 Å². The summed E-state index contributed by atoms with van der Waals surface area (Å²) in [5.74, 6) is 0.971. The van der Waals surface area contributed by atoms with E-state index in [0.717, 1.165) is 20.1 Å². The molecule has 4 rings (SSSR count). The molecule has 3 aromatic carbocycles. The van der Waals surface area contributed by atoms with E-state index in [9.17, 15) is 4.79 Å². The van der Waals surface area contributed by atoms with Crippen LogP contribution in [0.3, 0.4) is 0 Å². The van der Waals surface area contributed by atoms with Crippen LogP contribution in [-0.2, 0) is 17.8 Å². The van der Waals surface area contributed by atoms with Gasteiger partial charge in [0, 0.05) is 28.5 Å². The number of nitrogens with zero attached hydrogens (tertiary/aromatic N) is 2. The highest BCUT2D eigenvalue weighted by Crippen LogP contribution is 2.19. The Hall–Kier alpha value is -2.74. The molecule has 1 aromatic heterocycles.